The first kappa shape index (κ1) is 18.1. The smallest absolute Gasteiger partial charge is 0.270 e. The van der Waals surface area contributed by atoms with Crippen LogP contribution in [0.15, 0.2) is 36.4 Å². The van der Waals surface area contributed by atoms with Crippen molar-refractivity contribution in [1.82, 2.24) is 9.47 Å². The molecule has 5 heteroatoms. The third-order valence-electron chi connectivity index (χ3n) is 4.16. The molecule has 0 bridgehead atoms. The van der Waals surface area contributed by atoms with Crippen LogP contribution in [0, 0.1) is 6.92 Å². The van der Waals surface area contributed by atoms with Crippen LogP contribution >= 0.6 is 0 Å². The summed E-state index contributed by atoms with van der Waals surface area (Å²) < 4.78 is 12.3. The number of hydrogen-bond acceptors (Lipinski definition) is 3. The van der Waals surface area contributed by atoms with E-state index in [-0.39, 0.29) is 5.91 Å². The van der Waals surface area contributed by atoms with Crippen molar-refractivity contribution >= 4 is 5.91 Å². The van der Waals surface area contributed by atoms with Crippen molar-refractivity contribution < 1.29 is 14.3 Å². The first-order valence-electron chi connectivity index (χ1n) is 8.10. The summed E-state index contributed by atoms with van der Waals surface area (Å²) in [6.45, 7) is 3.82. The lowest BCUT2D eigenvalue weighted by molar-refractivity contribution is 0.0713. The zero-order valence-electron chi connectivity index (χ0n) is 14.9. The molecular formula is C19H26N2O3. The zero-order chi connectivity index (χ0) is 17.5. The van der Waals surface area contributed by atoms with Gasteiger partial charge >= 0.3 is 0 Å². The van der Waals surface area contributed by atoms with E-state index >= 15 is 0 Å². The lowest BCUT2D eigenvalue weighted by Gasteiger charge is -2.23. The van der Waals surface area contributed by atoms with E-state index in [1.165, 1.54) is 0 Å². The van der Waals surface area contributed by atoms with Gasteiger partial charge in [-0.2, -0.15) is 0 Å². The van der Waals surface area contributed by atoms with Crippen LogP contribution in [0.1, 0.15) is 28.2 Å². The topological polar surface area (TPSA) is 43.7 Å². The highest BCUT2D eigenvalue weighted by Gasteiger charge is 2.19. The van der Waals surface area contributed by atoms with Crippen LogP contribution in [0.4, 0.5) is 0 Å². The Hall–Kier alpha value is -2.27. The molecule has 0 saturated heterocycles. The van der Waals surface area contributed by atoms with Crippen LogP contribution in [0.2, 0.25) is 0 Å². The van der Waals surface area contributed by atoms with Crippen LogP contribution in [0.25, 0.3) is 0 Å². The molecular weight excluding hydrogens is 304 g/mol. The van der Waals surface area contributed by atoms with Gasteiger partial charge in [0.2, 0.25) is 0 Å². The quantitative estimate of drug-likeness (QED) is 0.699. The maximum absolute atomic E-state index is 13.0. The molecule has 0 N–H and O–H groups in total. The second kappa shape index (κ2) is 8.55. The highest BCUT2D eigenvalue weighted by Crippen LogP contribution is 2.17. The summed E-state index contributed by atoms with van der Waals surface area (Å²) in [5.41, 5.74) is 2.82. The van der Waals surface area contributed by atoms with Crippen molar-refractivity contribution in [1.29, 1.82) is 0 Å². The average Bonchev–Trinajstić information content (AvgIpc) is 2.93. The fraction of sp³-hybridized carbons (Fsp3) is 0.421. The summed E-state index contributed by atoms with van der Waals surface area (Å²) in [4.78, 5) is 14.8. The number of amides is 1. The Morgan fingerprint density at radius 1 is 1.21 bits per heavy atom. The predicted molar refractivity (Wildman–Crippen MR) is 94.4 cm³/mol. The van der Waals surface area contributed by atoms with Crippen LogP contribution in [-0.4, -0.2) is 42.7 Å². The van der Waals surface area contributed by atoms with Gasteiger partial charge in [0.25, 0.3) is 5.91 Å². The lowest BCUT2D eigenvalue weighted by atomic mass is 10.2. The highest BCUT2D eigenvalue weighted by atomic mass is 16.5. The fourth-order valence-electron chi connectivity index (χ4n) is 2.63. The largest absolute Gasteiger partial charge is 0.497 e. The maximum Gasteiger partial charge on any atom is 0.270 e. The van der Waals surface area contributed by atoms with Crippen molar-refractivity contribution in [2.24, 2.45) is 7.05 Å². The average molecular weight is 330 g/mol. The van der Waals surface area contributed by atoms with E-state index in [4.69, 9.17) is 9.47 Å². The molecule has 1 aromatic heterocycles. The van der Waals surface area contributed by atoms with Crippen LogP contribution in [0.5, 0.6) is 5.75 Å². The van der Waals surface area contributed by atoms with Crippen molar-refractivity contribution in [3.63, 3.8) is 0 Å². The summed E-state index contributed by atoms with van der Waals surface area (Å²) in [5.74, 6) is 0.830. The summed E-state index contributed by atoms with van der Waals surface area (Å²) >= 11 is 0. The highest BCUT2D eigenvalue weighted by molar-refractivity contribution is 5.93. The Morgan fingerprint density at radius 2 is 2.00 bits per heavy atom. The number of aryl methyl sites for hydroxylation is 1. The number of nitrogens with zero attached hydrogens (tertiary/aromatic N) is 2. The van der Waals surface area contributed by atoms with Gasteiger partial charge in [0, 0.05) is 39.5 Å². The molecule has 1 heterocycles. The number of aromatic nitrogens is 1. The molecule has 0 aliphatic carbocycles. The Labute approximate surface area is 143 Å². The van der Waals surface area contributed by atoms with E-state index < -0.39 is 0 Å². The van der Waals surface area contributed by atoms with E-state index in [1.54, 1.807) is 14.2 Å². The second-order valence-corrected chi connectivity index (χ2v) is 5.84. The first-order chi connectivity index (χ1) is 11.6. The van der Waals surface area contributed by atoms with E-state index in [1.807, 2.05) is 59.8 Å². The van der Waals surface area contributed by atoms with Gasteiger partial charge in [-0.15, -0.1) is 0 Å². The first-order valence-corrected chi connectivity index (χ1v) is 8.10. The summed E-state index contributed by atoms with van der Waals surface area (Å²) in [6, 6.07) is 11.7. The van der Waals surface area contributed by atoms with Gasteiger partial charge in [0.15, 0.2) is 0 Å². The van der Waals surface area contributed by atoms with Gasteiger partial charge in [-0.25, -0.2) is 0 Å². The third-order valence-corrected chi connectivity index (χ3v) is 4.16. The molecule has 0 saturated carbocycles. The van der Waals surface area contributed by atoms with E-state index in [0.29, 0.717) is 25.4 Å². The predicted octanol–water partition coefficient (Wildman–Crippen LogP) is 3.02. The second-order valence-electron chi connectivity index (χ2n) is 5.84. The van der Waals surface area contributed by atoms with Crippen LogP contribution in [-0.2, 0) is 18.3 Å². The van der Waals surface area contributed by atoms with Gasteiger partial charge < -0.3 is 18.9 Å². The molecule has 0 spiro atoms. The number of rotatable bonds is 8. The van der Waals surface area contributed by atoms with Crippen LogP contribution in [0.3, 0.4) is 0 Å². The lowest BCUT2D eigenvalue weighted by Crippen LogP contribution is -2.33. The Kier molecular flexibility index (Phi) is 6.44. The van der Waals surface area contributed by atoms with Crippen molar-refractivity contribution in [3.8, 4) is 5.75 Å². The van der Waals surface area contributed by atoms with Gasteiger partial charge in [-0.1, -0.05) is 12.1 Å². The molecule has 2 aromatic rings. The minimum absolute atomic E-state index is 0.0320. The van der Waals surface area contributed by atoms with E-state index in [9.17, 15) is 4.79 Å². The zero-order valence-corrected chi connectivity index (χ0v) is 14.9. The van der Waals surface area contributed by atoms with Gasteiger partial charge in [0.1, 0.15) is 11.4 Å². The van der Waals surface area contributed by atoms with Gasteiger partial charge in [-0.3, -0.25) is 4.79 Å². The molecule has 0 atom stereocenters. The van der Waals surface area contributed by atoms with Crippen molar-refractivity contribution in [3.05, 3.63) is 53.3 Å². The molecule has 0 fully saturated rings. The molecule has 5 nitrogen and oxygen atoms in total. The molecule has 0 unspecified atom stereocenters. The SMILES string of the molecule is COCCCN(Cc1cccc(OC)c1)C(=O)c1ccc(C)n1C. The van der Waals surface area contributed by atoms with Crippen LogP contribution < -0.4 is 4.74 Å². The van der Waals surface area contributed by atoms with Crippen molar-refractivity contribution in [2.45, 2.75) is 19.9 Å². The molecule has 1 amide bonds. The summed E-state index contributed by atoms with van der Waals surface area (Å²) in [7, 11) is 5.24. The normalized spacial score (nSPS) is 10.7. The summed E-state index contributed by atoms with van der Waals surface area (Å²) in [6.07, 6.45) is 0.801. The molecule has 2 rings (SSSR count). The van der Waals surface area contributed by atoms with Crippen molar-refractivity contribution in [2.75, 3.05) is 27.4 Å². The number of carbonyl (C=O) groups is 1. The number of carbonyl (C=O) groups excluding carboxylic acids is 1. The molecule has 0 aliphatic heterocycles. The number of ether oxygens (including phenoxy) is 2. The molecule has 24 heavy (non-hydrogen) atoms. The molecule has 0 aliphatic rings. The van der Waals surface area contributed by atoms with E-state index in [2.05, 4.69) is 0 Å². The Bertz CT molecular complexity index is 679. The van der Waals surface area contributed by atoms with E-state index in [0.717, 1.165) is 23.4 Å². The third kappa shape index (κ3) is 4.38. The Morgan fingerprint density at radius 3 is 2.62 bits per heavy atom. The molecule has 1 aromatic carbocycles. The monoisotopic (exact) mass is 330 g/mol. The molecule has 130 valence electrons. The number of benzene rings is 1. The fourth-order valence-corrected chi connectivity index (χ4v) is 2.63. The Balaban J connectivity index is 2.19. The minimum Gasteiger partial charge on any atom is -0.497 e. The standard InChI is InChI=1S/C19H26N2O3/c1-15-9-10-18(20(15)2)19(22)21(11-6-12-23-3)14-16-7-5-8-17(13-16)24-4/h5,7-10,13H,6,11-12,14H2,1-4H3. The number of methoxy groups -OCH3 is 2. The maximum atomic E-state index is 13.0. The van der Waals surface area contributed by atoms with Gasteiger partial charge in [0.05, 0.1) is 7.11 Å². The summed E-state index contributed by atoms with van der Waals surface area (Å²) in [5, 5.41) is 0. The minimum atomic E-state index is 0.0320. The molecule has 0 radical (unpaired) electrons. The van der Waals surface area contributed by atoms with Gasteiger partial charge in [-0.05, 0) is 43.2 Å². The number of hydrogen-bond donors (Lipinski definition) is 0.